The molecule has 0 aliphatic rings. The van der Waals surface area contributed by atoms with Crippen molar-refractivity contribution in [1.29, 1.82) is 0 Å². The van der Waals surface area contributed by atoms with Crippen molar-refractivity contribution in [3.63, 3.8) is 0 Å². The number of aromatic nitrogens is 3. The maximum atomic E-state index is 11.7. The van der Waals surface area contributed by atoms with Crippen molar-refractivity contribution in [2.75, 3.05) is 0 Å². The van der Waals surface area contributed by atoms with Gasteiger partial charge in [-0.25, -0.2) is 4.98 Å². The maximum Gasteiger partial charge on any atom is 0.255 e. The molecule has 3 heterocycles. The second kappa shape index (κ2) is 3.73. The molecule has 3 aromatic heterocycles. The number of imidazole rings is 1. The number of fused-ring (bicyclic) bond motifs is 1. The van der Waals surface area contributed by atoms with Gasteiger partial charge in [-0.15, -0.1) is 0 Å². The molecule has 0 aliphatic heterocycles. The summed E-state index contributed by atoms with van der Waals surface area (Å²) in [5, 5.41) is 9.92. The monoisotopic (exact) mass is 241 g/mol. The Hall–Kier alpha value is -2.56. The summed E-state index contributed by atoms with van der Waals surface area (Å²) in [5.74, 6) is 0.0522. The molecule has 90 valence electrons. The van der Waals surface area contributed by atoms with E-state index < -0.39 is 0 Å². The highest BCUT2D eigenvalue weighted by atomic mass is 16.3. The van der Waals surface area contributed by atoms with Gasteiger partial charge in [-0.05, 0) is 13.0 Å². The van der Waals surface area contributed by atoms with E-state index in [4.69, 9.17) is 0 Å². The maximum absolute atomic E-state index is 11.7. The molecule has 0 aliphatic carbocycles. The molecule has 5 nitrogen and oxygen atoms in total. The Morgan fingerprint density at radius 2 is 2.11 bits per heavy atom. The first-order valence-corrected chi connectivity index (χ1v) is 5.51. The summed E-state index contributed by atoms with van der Waals surface area (Å²) in [5.41, 5.74) is 1.75. The number of pyridine rings is 2. The fraction of sp³-hybridized carbons (Fsp3) is 0.0769. The lowest BCUT2D eigenvalue weighted by Gasteiger charge is -2.06. The highest BCUT2D eigenvalue weighted by molar-refractivity contribution is 5.57. The van der Waals surface area contributed by atoms with Crippen LogP contribution in [0, 0.1) is 6.92 Å². The largest absolute Gasteiger partial charge is 0.504 e. The summed E-state index contributed by atoms with van der Waals surface area (Å²) in [6.07, 6.45) is 5.22. The lowest BCUT2D eigenvalue weighted by Crippen LogP contribution is -2.15. The molecule has 0 fully saturated rings. The van der Waals surface area contributed by atoms with Crippen LogP contribution in [0.2, 0.25) is 0 Å². The Kier molecular flexibility index (Phi) is 2.19. The average Bonchev–Trinajstić information content (AvgIpc) is 2.71. The van der Waals surface area contributed by atoms with Crippen LogP contribution in [0.3, 0.4) is 0 Å². The average molecular weight is 241 g/mol. The third-order valence-corrected chi connectivity index (χ3v) is 2.74. The second-order valence-electron chi connectivity index (χ2n) is 4.11. The number of aryl methyl sites for hydroxylation is 1. The van der Waals surface area contributed by atoms with E-state index in [0.717, 1.165) is 5.69 Å². The molecule has 0 aromatic carbocycles. The van der Waals surface area contributed by atoms with Crippen LogP contribution >= 0.6 is 0 Å². The zero-order valence-electron chi connectivity index (χ0n) is 9.74. The summed E-state index contributed by atoms with van der Waals surface area (Å²) in [6.45, 7) is 1.85. The second-order valence-corrected chi connectivity index (χ2v) is 4.11. The molecule has 0 saturated heterocycles. The highest BCUT2D eigenvalue weighted by Gasteiger charge is 2.07. The van der Waals surface area contributed by atoms with Crippen molar-refractivity contribution in [2.45, 2.75) is 6.92 Å². The van der Waals surface area contributed by atoms with E-state index in [9.17, 15) is 9.90 Å². The number of aromatic hydroxyl groups is 1. The first-order chi connectivity index (χ1) is 8.65. The van der Waals surface area contributed by atoms with Gasteiger partial charge in [0.2, 0.25) is 0 Å². The number of hydrogen-bond acceptors (Lipinski definition) is 3. The quantitative estimate of drug-likeness (QED) is 0.702. The SMILES string of the molecule is Cc1cn2cc(-n3ccccc3=O)cc(O)c2n1. The Morgan fingerprint density at radius 3 is 2.89 bits per heavy atom. The summed E-state index contributed by atoms with van der Waals surface area (Å²) < 4.78 is 3.17. The van der Waals surface area contributed by atoms with E-state index >= 15 is 0 Å². The smallest absolute Gasteiger partial charge is 0.255 e. The predicted molar refractivity (Wildman–Crippen MR) is 67.2 cm³/mol. The van der Waals surface area contributed by atoms with Crippen molar-refractivity contribution < 1.29 is 5.11 Å². The number of rotatable bonds is 1. The third-order valence-electron chi connectivity index (χ3n) is 2.74. The molecule has 0 atom stereocenters. The molecule has 3 rings (SSSR count). The van der Waals surface area contributed by atoms with E-state index in [1.54, 1.807) is 35.1 Å². The van der Waals surface area contributed by atoms with Gasteiger partial charge in [-0.2, -0.15) is 0 Å². The van der Waals surface area contributed by atoms with Gasteiger partial charge < -0.3 is 9.51 Å². The molecule has 5 heteroatoms. The van der Waals surface area contributed by atoms with Gasteiger partial charge in [-0.1, -0.05) is 6.07 Å². The Balaban J connectivity index is 2.31. The lowest BCUT2D eigenvalue weighted by atomic mass is 10.3. The minimum Gasteiger partial charge on any atom is -0.504 e. The van der Waals surface area contributed by atoms with E-state index in [1.807, 2.05) is 6.92 Å². The normalized spacial score (nSPS) is 10.9. The molecule has 0 spiro atoms. The number of hydrogen-bond donors (Lipinski definition) is 1. The minimum atomic E-state index is -0.145. The summed E-state index contributed by atoms with van der Waals surface area (Å²) in [4.78, 5) is 15.9. The van der Waals surface area contributed by atoms with Crippen LogP contribution in [0.5, 0.6) is 5.75 Å². The summed E-state index contributed by atoms with van der Waals surface area (Å²) >= 11 is 0. The van der Waals surface area contributed by atoms with Crippen molar-refractivity contribution in [3.8, 4) is 11.4 Å². The number of nitrogens with zero attached hydrogens (tertiary/aromatic N) is 3. The van der Waals surface area contributed by atoms with Gasteiger partial charge in [0.05, 0.1) is 11.4 Å². The van der Waals surface area contributed by atoms with E-state index in [1.165, 1.54) is 16.7 Å². The first kappa shape index (κ1) is 10.6. The Morgan fingerprint density at radius 1 is 1.28 bits per heavy atom. The fourth-order valence-corrected chi connectivity index (χ4v) is 1.96. The van der Waals surface area contributed by atoms with Gasteiger partial charge in [0, 0.05) is 30.7 Å². The van der Waals surface area contributed by atoms with Crippen molar-refractivity contribution in [3.05, 3.63) is 58.9 Å². The van der Waals surface area contributed by atoms with Crippen LogP contribution in [0.25, 0.3) is 11.3 Å². The molecule has 0 amide bonds. The third kappa shape index (κ3) is 1.57. The molecule has 1 N–H and O–H groups in total. The van der Waals surface area contributed by atoms with Gasteiger partial charge in [0.15, 0.2) is 11.4 Å². The van der Waals surface area contributed by atoms with Crippen molar-refractivity contribution >= 4 is 5.65 Å². The zero-order valence-corrected chi connectivity index (χ0v) is 9.74. The zero-order chi connectivity index (χ0) is 12.7. The van der Waals surface area contributed by atoms with Crippen LogP contribution in [0.1, 0.15) is 5.69 Å². The van der Waals surface area contributed by atoms with Crippen molar-refractivity contribution in [2.24, 2.45) is 0 Å². The minimum absolute atomic E-state index is 0.0522. The van der Waals surface area contributed by atoms with Gasteiger partial charge in [0.25, 0.3) is 5.56 Å². The molecular weight excluding hydrogens is 230 g/mol. The molecule has 0 radical (unpaired) electrons. The van der Waals surface area contributed by atoms with E-state index in [2.05, 4.69) is 4.98 Å². The first-order valence-electron chi connectivity index (χ1n) is 5.51. The van der Waals surface area contributed by atoms with E-state index in [-0.39, 0.29) is 11.3 Å². The molecule has 0 saturated carbocycles. The molecule has 3 aromatic rings. The van der Waals surface area contributed by atoms with E-state index in [0.29, 0.717) is 11.3 Å². The summed E-state index contributed by atoms with van der Waals surface area (Å²) in [6, 6.07) is 6.45. The topological polar surface area (TPSA) is 59.5 Å². The highest BCUT2D eigenvalue weighted by Crippen LogP contribution is 2.21. The lowest BCUT2D eigenvalue weighted by molar-refractivity contribution is 0.477. The fourth-order valence-electron chi connectivity index (χ4n) is 1.96. The van der Waals surface area contributed by atoms with Crippen LogP contribution in [0.4, 0.5) is 0 Å². The standard InChI is InChI=1S/C13H11N3O2/c1-9-7-15-8-10(6-11(17)13(15)14-9)16-5-3-2-4-12(16)18/h2-8,17H,1H3. The van der Waals surface area contributed by atoms with Crippen LogP contribution in [-0.4, -0.2) is 19.1 Å². The van der Waals surface area contributed by atoms with Crippen molar-refractivity contribution in [1.82, 2.24) is 14.0 Å². The van der Waals surface area contributed by atoms with Crippen LogP contribution in [0.15, 0.2) is 47.7 Å². The Bertz CT molecular complexity index is 786. The molecular formula is C13H11N3O2. The van der Waals surface area contributed by atoms with Gasteiger partial charge >= 0.3 is 0 Å². The molecule has 0 bridgehead atoms. The predicted octanol–water partition coefficient (Wildman–Crippen LogP) is 1.50. The van der Waals surface area contributed by atoms with Gasteiger partial charge in [-0.3, -0.25) is 9.36 Å². The summed E-state index contributed by atoms with van der Waals surface area (Å²) in [7, 11) is 0. The van der Waals surface area contributed by atoms with Crippen LogP contribution < -0.4 is 5.56 Å². The molecule has 18 heavy (non-hydrogen) atoms. The van der Waals surface area contributed by atoms with Gasteiger partial charge in [0.1, 0.15) is 0 Å². The molecule has 0 unspecified atom stereocenters. The Labute approximate surface area is 103 Å². The van der Waals surface area contributed by atoms with Crippen LogP contribution in [-0.2, 0) is 0 Å².